The summed E-state index contributed by atoms with van der Waals surface area (Å²) in [6.07, 6.45) is 2.49. The number of hydrogen-bond donors (Lipinski definition) is 1. The van der Waals surface area contributed by atoms with Gasteiger partial charge in [-0.05, 0) is 43.5 Å². The molecule has 1 saturated carbocycles. The molecular formula is C28H28FN9O2S2. The number of likely N-dealkylation sites (tertiary alicyclic amines) is 2. The molecule has 1 aromatic carbocycles. The Morgan fingerprint density at radius 2 is 2.00 bits per heavy atom. The van der Waals surface area contributed by atoms with E-state index in [-0.39, 0.29) is 23.4 Å². The van der Waals surface area contributed by atoms with Crippen LogP contribution < -0.4 is 9.80 Å². The van der Waals surface area contributed by atoms with Crippen LogP contribution in [0, 0.1) is 17.1 Å². The van der Waals surface area contributed by atoms with Crippen molar-refractivity contribution < 1.29 is 14.3 Å². The number of amides is 1. The molecule has 3 saturated heterocycles. The molecule has 1 N–H and O–H groups in total. The Morgan fingerprint density at radius 3 is 2.64 bits per heavy atom. The van der Waals surface area contributed by atoms with Crippen LogP contribution in [0.1, 0.15) is 30.3 Å². The molecule has 14 heteroatoms. The van der Waals surface area contributed by atoms with Gasteiger partial charge in [0.1, 0.15) is 22.5 Å². The first kappa shape index (κ1) is 26.0. The Balaban J connectivity index is 1.06. The van der Waals surface area contributed by atoms with E-state index in [4.69, 9.17) is 15.1 Å². The Bertz CT molecular complexity index is 1760. The predicted molar refractivity (Wildman–Crippen MR) is 157 cm³/mol. The number of aromatic nitrogens is 4. The number of rotatable bonds is 7. The van der Waals surface area contributed by atoms with Crippen LogP contribution in [0.5, 0.6) is 0 Å². The second-order valence-electron chi connectivity index (χ2n) is 11.5. The molecule has 1 amide bonds. The SMILES string of the molecule is CCc1nc2sc(N3CC4N(CC(=O)N5CC(O)C5)C5CCC543)nn2c1N(C)c1nc(-c2ccc(F)cc2)c(C#N)s1. The number of imidazole rings is 1. The highest BCUT2D eigenvalue weighted by molar-refractivity contribution is 7.20. The molecule has 11 nitrogen and oxygen atoms in total. The number of nitrogens with zero attached hydrogens (tertiary/aromatic N) is 9. The average Bonchev–Trinajstić information content (AvgIpc) is 3.62. The van der Waals surface area contributed by atoms with Crippen LogP contribution in [-0.2, 0) is 11.2 Å². The fourth-order valence-electron chi connectivity index (χ4n) is 7.09. The third kappa shape index (κ3) is 3.48. The average molecular weight is 606 g/mol. The van der Waals surface area contributed by atoms with Crippen molar-refractivity contribution in [1.82, 2.24) is 29.4 Å². The molecule has 0 radical (unpaired) electrons. The number of aliphatic hydroxyl groups excluding tert-OH is 1. The van der Waals surface area contributed by atoms with Crippen LogP contribution >= 0.6 is 22.7 Å². The molecule has 4 fully saturated rings. The second kappa shape index (κ2) is 9.18. The first-order chi connectivity index (χ1) is 20.3. The molecule has 6 heterocycles. The first-order valence-corrected chi connectivity index (χ1v) is 15.7. The van der Waals surface area contributed by atoms with Gasteiger partial charge in [-0.3, -0.25) is 9.69 Å². The molecule has 3 unspecified atom stereocenters. The number of nitriles is 1. The molecular weight excluding hydrogens is 578 g/mol. The van der Waals surface area contributed by atoms with Crippen LogP contribution in [-0.4, -0.2) is 97.3 Å². The Hall–Kier alpha value is -3.64. The highest BCUT2D eigenvalue weighted by Crippen LogP contribution is 2.61. The number of aliphatic hydroxyl groups is 1. The molecule has 3 aliphatic heterocycles. The summed E-state index contributed by atoms with van der Waals surface area (Å²) in [7, 11) is 1.91. The molecule has 3 atom stereocenters. The summed E-state index contributed by atoms with van der Waals surface area (Å²) in [5.74, 6) is 0.586. The Kier molecular flexibility index (Phi) is 5.69. The van der Waals surface area contributed by atoms with Crippen LogP contribution in [0.2, 0.25) is 0 Å². The van der Waals surface area contributed by atoms with E-state index in [0.29, 0.717) is 59.4 Å². The van der Waals surface area contributed by atoms with E-state index in [1.54, 1.807) is 28.4 Å². The van der Waals surface area contributed by atoms with Gasteiger partial charge in [0, 0.05) is 38.3 Å². The van der Waals surface area contributed by atoms with E-state index in [9.17, 15) is 19.6 Å². The summed E-state index contributed by atoms with van der Waals surface area (Å²) in [6.45, 7) is 4.20. The lowest BCUT2D eigenvalue weighted by molar-refractivity contribution is -0.193. The molecule has 8 rings (SSSR count). The maximum atomic E-state index is 13.5. The highest BCUT2D eigenvalue weighted by Gasteiger charge is 2.75. The van der Waals surface area contributed by atoms with Gasteiger partial charge in [-0.25, -0.2) is 14.4 Å². The summed E-state index contributed by atoms with van der Waals surface area (Å²) in [6, 6.07) is 8.95. The number of β-amino-alcohol motifs (C(OH)–C–C–N with tert-alkyl or cyclic N) is 1. The summed E-state index contributed by atoms with van der Waals surface area (Å²) in [5, 5.41) is 26.0. The molecule has 216 valence electrons. The van der Waals surface area contributed by atoms with Gasteiger partial charge in [0.15, 0.2) is 10.9 Å². The van der Waals surface area contributed by atoms with Crippen molar-refractivity contribution in [2.75, 3.05) is 43.0 Å². The lowest BCUT2D eigenvalue weighted by Gasteiger charge is -2.80. The number of benzene rings is 1. The Labute approximate surface area is 249 Å². The van der Waals surface area contributed by atoms with E-state index < -0.39 is 0 Å². The molecule has 4 aliphatic rings. The third-order valence-corrected chi connectivity index (χ3v) is 11.4. The van der Waals surface area contributed by atoms with Crippen LogP contribution in [0.15, 0.2) is 24.3 Å². The second-order valence-corrected chi connectivity index (χ2v) is 13.4. The quantitative estimate of drug-likeness (QED) is 0.339. The minimum atomic E-state index is -0.380. The van der Waals surface area contributed by atoms with Crippen molar-refractivity contribution in [3.63, 3.8) is 0 Å². The smallest absolute Gasteiger partial charge is 0.236 e. The van der Waals surface area contributed by atoms with Gasteiger partial charge in [0.2, 0.25) is 16.0 Å². The number of carbonyl (C=O) groups excluding carboxylic acids is 1. The molecule has 4 aromatic rings. The van der Waals surface area contributed by atoms with Crippen molar-refractivity contribution in [1.29, 1.82) is 5.26 Å². The number of hydrogen-bond acceptors (Lipinski definition) is 11. The van der Waals surface area contributed by atoms with E-state index in [2.05, 4.69) is 22.8 Å². The maximum absolute atomic E-state index is 13.5. The van der Waals surface area contributed by atoms with Crippen LogP contribution in [0.3, 0.4) is 0 Å². The van der Waals surface area contributed by atoms with Crippen molar-refractivity contribution >= 4 is 49.6 Å². The fourth-order valence-corrected chi connectivity index (χ4v) is 8.95. The number of anilines is 3. The van der Waals surface area contributed by atoms with E-state index in [0.717, 1.165) is 41.0 Å². The number of piperidine rings is 1. The summed E-state index contributed by atoms with van der Waals surface area (Å²) in [5.41, 5.74) is 2.16. The van der Waals surface area contributed by atoms with Crippen molar-refractivity contribution in [2.24, 2.45) is 0 Å². The normalized spacial score (nSPS) is 24.7. The number of thiazole rings is 1. The molecule has 3 aromatic heterocycles. The van der Waals surface area contributed by atoms with Crippen LogP contribution in [0.25, 0.3) is 16.2 Å². The zero-order valence-electron chi connectivity index (χ0n) is 23.1. The number of fused-ring (bicyclic) bond motifs is 1. The highest BCUT2D eigenvalue weighted by atomic mass is 32.1. The van der Waals surface area contributed by atoms with Gasteiger partial charge in [0.05, 0.1) is 29.9 Å². The Morgan fingerprint density at radius 1 is 1.21 bits per heavy atom. The molecule has 42 heavy (non-hydrogen) atoms. The van der Waals surface area contributed by atoms with Crippen molar-refractivity contribution in [3.8, 4) is 17.3 Å². The van der Waals surface area contributed by atoms with Gasteiger partial charge in [-0.1, -0.05) is 29.6 Å². The fraction of sp³-hybridized carbons (Fsp3) is 0.464. The molecule has 1 aliphatic carbocycles. The number of halogens is 1. The zero-order valence-corrected chi connectivity index (χ0v) is 24.7. The first-order valence-electron chi connectivity index (χ1n) is 14.1. The summed E-state index contributed by atoms with van der Waals surface area (Å²) < 4.78 is 15.4. The number of aryl methyl sites for hydroxylation is 1. The lowest BCUT2D eigenvalue weighted by atomic mass is 9.52. The van der Waals surface area contributed by atoms with Crippen LogP contribution in [0.4, 0.5) is 20.5 Å². The minimum Gasteiger partial charge on any atom is -0.389 e. The van der Waals surface area contributed by atoms with E-state index in [1.165, 1.54) is 23.5 Å². The van der Waals surface area contributed by atoms with Gasteiger partial charge in [-0.2, -0.15) is 9.78 Å². The monoisotopic (exact) mass is 605 g/mol. The van der Waals surface area contributed by atoms with Gasteiger partial charge in [-0.15, -0.1) is 5.10 Å². The number of carbonyl (C=O) groups is 1. The van der Waals surface area contributed by atoms with E-state index >= 15 is 0 Å². The lowest BCUT2D eigenvalue weighted by Crippen LogP contribution is -2.96. The summed E-state index contributed by atoms with van der Waals surface area (Å²) >= 11 is 2.86. The number of piperazine rings is 1. The van der Waals surface area contributed by atoms with Gasteiger partial charge >= 0.3 is 0 Å². The van der Waals surface area contributed by atoms with E-state index in [1.807, 2.05) is 16.5 Å². The molecule has 1 spiro atoms. The minimum absolute atomic E-state index is 0.0469. The van der Waals surface area contributed by atoms with Crippen molar-refractivity contribution in [3.05, 3.63) is 40.7 Å². The summed E-state index contributed by atoms with van der Waals surface area (Å²) in [4.78, 5) is 32.0. The standard InChI is InChI=1S/C28H28FN9O2S2/c1-3-18-24(34(2)25-32-23(19(10-30)41-25)15-4-6-16(29)7-5-15)38-26(31-18)42-27(33-38)37-13-21-28(37)9-8-20(28)36(21)14-22(40)35-11-17(39)12-35/h4-7,17,20-21,39H,3,8-9,11-14H2,1-2H3. The molecule has 0 bridgehead atoms. The maximum Gasteiger partial charge on any atom is 0.236 e. The zero-order chi connectivity index (χ0) is 28.9. The predicted octanol–water partition coefficient (Wildman–Crippen LogP) is 2.86. The largest absolute Gasteiger partial charge is 0.389 e. The third-order valence-electron chi connectivity index (χ3n) is 9.41. The topological polar surface area (TPSA) is 117 Å². The van der Waals surface area contributed by atoms with Crippen molar-refractivity contribution in [2.45, 2.75) is 49.9 Å². The van der Waals surface area contributed by atoms with Gasteiger partial charge in [0.25, 0.3) is 0 Å². The van der Waals surface area contributed by atoms with Gasteiger partial charge < -0.3 is 19.8 Å².